The second-order valence-electron chi connectivity index (χ2n) is 6.80. The van der Waals surface area contributed by atoms with E-state index in [1.54, 1.807) is 26.4 Å². The highest BCUT2D eigenvalue weighted by atomic mass is 35.5. The van der Waals surface area contributed by atoms with Crippen molar-refractivity contribution in [2.45, 2.75) is 18.6 Å². The van der Waals surface area contributed by atoms with Gasteiger partial charge in [0.15, 0.2) is 0 Å². The molecule has 0 saturated carbocycles. The molecule has 0 aliphatic carbocycles. The Bertz CT molecular complexity index is 799. The van der Waals surface area contributed by atoms with Crippen LogP contribution in [0.15, 0.2) is 42.5 Å². The first kappa shape index (κ1) is 20.5. The van der Waals surface area contributed by atoms with E-state index in [-0.39, 0.29) is 18.7 Å². The van der Waals surface area contributed by atoms with E-state index in [1.165, 1.54) is 0 Å². The van der Waals surface area contributed by atoms with Gasteiger partial charge in [-0.2, -0.15) is 0 Å². The smallest absolute Gasteiger partial charge is 0.143 e. The minimum atomic E-state index is -0.365. The van der Waals surface area contributed by atoms with Crippen LogP contribution in [0.2, 0.25) is 5.02 Å². The molecule has 28 heavy (non-hydrogen) atoms. The maximum Gasteiger partial charge on any atom is 0.143 e. The number of piperazine rings is 1. The number of hydrogen-bond donors (Lipinski definition) is 1. The number of aldehydes is 1. The van der Waals surface area contributed by atoms with Crippen molar-refractivity contribution in [1.82, 2.24) is 4.90 Å². The Labute approximate surface area is 170 Å². The fourth-order valence-corrected chi connectivity index (χ4v) is 3.83. The molecular formula is C21H25ClN2O4. The van der Waals surface area contributed by atoms with E-state index in [1.807, 2.05) is 35.2 Å². The van der Waals surface area contributed by atoms with Gasteiger partial charge in [0.2, 0.25) is 0 Å². The lowest BCUT2D eigenvalue weighted by Crippen LogP contribution is -2.60. The van der Waals surface area contributed by atoms with Crippen LogP contribution in [0.25, 0.3) is 0 Å². The van der Waals surface area contributed by atoms with Gasteiger partial charge >= 0.3 is 0 Å². The van der Waals surface area contributed by atoms with Crippen molar-refractivity contribution in [3.63, 3.8) is 0 Å². The first-order valence-corrected chi connectivity index (χ1v) is 9.50. The molecule has 1 heterocycles. The van der Waals surface area contributed by atoms with Gasteiger partial charge in [0, 0.05) is 42.0 Å². The van der Waals surface area contributed by atoms with Crippen molar-refractivity contribution in [3.8, 4) is 11.5 Å². The second-order valence-corrected chi connectivity index (χ2v) is 7.23. The predicted octanol–water partition coefficient (Wildman–Crippen LogP) is 2.61. The summed E-state index contributed by atoms with van der Waals surface area (Å²) in [7, 11) is 3.24. The Kier molecular flexibility index (Phi) is 6.78. The Balaban J connectivity index is 1.81. The van der Waals surface area contributed by atoms with Crippen molar-refractivity contribution in [3.05, 3.63) is 53.1 Å². The van der Waals surface area contributed by atoms with E-state index < -0.39 is 0 Å². The van der Waals surface area contributed by atoms with Crippen LogP contribution in [0.4, 0.5) is 5.69 Å². The monoisotopic (exact) mass is 404 g/mol. The average Bonchev–Trinajstić information content (AvgIpc) is 2.74. The van der Waals surface area contributed by atoms with Crippen molar-refractivity contribution in [2.24, 2.45) is 0 Å². The van der Waals surface area contributed by atoms with Crippen LogP contribution in [0.3, 0.4) is 0 Å². The van der Waals surface area contributed by atoms with Gasteiger partial charge in [-0.3, -0.25) is 4.90 Å². The average molecular weight is 405 g/mol. The van der Waals surface area contributed by atoms with Gasteiger partial charge < -0.3 is 24.3 Å². The van der Waals surface area contributed by atoms with Crippen LogP contribution >= 0.6 is 11.6 Å². The summed E-state index contributed by atoms with van der Waals surface area (Å²) in [5, 5.41) is 10.6. The highest BCUT2D eigenvalue weighted by Crippen LogP contribution is 2.29. The number of halogens is 1. The maximum absolute atomic E-state index is 11.9. The van der Waals surface area contributed by atoms with Crippen molar-refractivity contribution >= 4 is 23.6 Å². The summed E-state index contributed by atoms with van der Waals surface area (Å²) in [4.78, 5) is 16.0. The molecule has 2 aromatic carbocycles. The molecule has 7 heteroatoms. The van der Waals surface area contributed by atoms with Crippen LogP contribution in [-0.2, 0) is 11.3 Å². The number of aliphatic hydroxyl groups excluding tert-OH is 1. The zero-order chi connectivity index (χ0) is 20.1. The lowest BCUT2D eigenvalue weighted by molar-refractivity contribution is -0.110. The molecule has 0 bridgehead atoms. The molecule has 1 N–H and O–H groups in total. The molecule has 0 aromatic heterocycles. The van der Waals surface area contributed by atoms with Gasteiger partial charge in [0.25, 0.3) is 0 Å². The third-order valence-electron chi connectivity index (χ3n) is 5.05. The fraction of sp³-hybridized carbons (Fsp3) is 0.381. The van der Waals surface area contributed by atoms with E-state index in [2.05, 4.69) is 4.90 Å². The quantitative estimate of drug-likeness (QED) is 0.716. The molecule has 2 aromatic rings. The first-order valence-electron chi connectivity index (χ1n) is 9.13. The number of rotatable bonds is 7. The second kappa shape index (κ2) is 9.28. The first-order chi connectivity index (χ1) is 13.6. The minimum absolute atomic E-state index is 0.0524. The van der Waals surface area contributed by atoms with Crippen molar-refractivity contribution in [1.29, 1.82) is 0 Å². The summed E-state index contributed by atoms with van der Waals surface area (Å²) in [5.74, 6) is 1.47. The van der Waals surface area contributed by atoms with Crippen molar-refractivity contribution < 1.29 is 19.4 Å². The molecule has 1 fully saturated rings. The Morgan fingerprint density at radius 1 is 1.14 bits per heavy atom. The van der Waals surface area contributed by atoms with Crippen LogP contribution in [0.1, 0.15) is 5.56 Å². The van der Waals surface area contributed by atoms with Crippen LogP contribution in [-0.4, -0.2) is 62.3 Å². The SMILES string of the molecule is COc1ccc(CN2CC(C=O)N(c3ccc(Cl)cc3)[C@H](CO)C2)c(OC)c1. The molecule has 1 aliphatic rings. The Hall–Kier alpha value is -2.28. The fourth-order valence-electron chi connectivity index (χ4n) is 3.71. The highest BCUT2D eigenvalue weighted by Gasteiger charge is 2.34. The number of anilines is 1. The molecule has 1 saturated heterocycles. The molecular weight excluding hydrogens is 380 g/mol. The number of aliphatic hydroxyl groups is 1. The van der Waals surface area contributed by atoms with Gasteiger partial charge in [-0.05, 0) is 30.3 Å². The van der Waals surface area contributed by atoms with Gasteiger partial charge in [-0.15, -0.1) is 0 Å². The number of nitrogens with zero attached hydrogens (tertiary/aromatic N) is 2. The van der Waals surface area contributed by atoms with Crippen LogP contribution in [0.5, 0.6) is 11.5 Å². The largest absolute Gasteiger partial charge is 0.497 e. The molecule has 0 spiro atoms. The minimum Gasteiger partial charge on any atom is -0.497 e. The Morgan fingerprint density at radius 2 is 1.89 bits per heavy atom. The maximum atomic E-state index is 11.9. The third-order valence-corrected chi connectivity index (χ3v) is 5.30. The number of methoxy groups -OCH3 is 2. The number of hydrogen-bond acceptors (Lipinski definition) is 6. The normalized spacial score (nSPS) is 20.1. The lowest BCUT2D eigenvalue weighted by Gasteiger charge is -2.45. The highest BCUT2D eigenvalue weighted by molar-refractivity contribution is 6.30. The molecule has 1 aliphatic heterocycles. The molecule has 6 nitrogen and oxygen atoms in total. The van der Waals surface area contributed by atoms with Gasteiger partial charge in [-0.25, -0.2) is 0 Å². The standard InChI is InChI=1S/C21H25ClN2O4/c1-27-20-8-3-15(21(9-20)28-2)10-23-11-18(13-25)24(19(12-23)14-26)17-6-4-16(22)5-7-17/h3-9,13,18-19,26H,10-12,14H2,1-2H3/t18?,19-/m0/s1. The van der Waals surface area contributed by atoms with E-state index >= 15 is 0 Å². The molecule has 150 valence electrons. The summed E-state index contributed by atoms with van der Waals surface area (Å²) in [5.41, 5.74) is 1.88. The van der Waals surface area contributed by atoms with E-state index in [9.17, 15) is 9.90 Å². The van der Waals surface area contributed by atoms with E-state index in [0.717, 1.165) is 29.0 Å². The zero-order valence-corrected chi connectivity index (χ0v) is 16.8. The van der Waals surface area contributed by atoms with Crippen LogP contribution < -0.4 is 14.4 Å². The van der Waals surface area contributed by atoms with Gasteiger partial charge in [0.05, 0.1) is 32.9 Å². The summed E-state index contributed by atoms with van der Waals surface area (Å²) in [6, 6.07) is 12.5. The number of benzene rings is 2. The summed E-state index contributed by atoms with van der Waals surface area (Å²) in [6.45, 7) is 1.74. The van der Waals surface area contributed by atoms with E-state index in [0.29, 0.717) is 24.7 Å². The van der Waals surface area contributed by atoms with E-state index in [4.69, 9.17) is 21.1 Å². The summed E-state index contributed by atoms with van der Waals surface area (Å²) in [6.07, 6.45) is 0.939. The molecule has 2 atom stereocenters. The van der Waals surface area contributed by atoms with Gasteiger partial charge in [-0.1, -0.05) is 17.7 Å². The number of carbonyl (C=O) groups excluding carboxylic acids is 1. The summed E-state index contributed by atoms with van der Waals surface area (Å²) < 4.78 is 10.7. The van der Waals surface area contributed by atoms with Crippen LogP contribution in [0, 0.1) is 0 Å². The number of ether oxygens (including phenoxy) is 2. The molecule has 0 radical (unpaired) electrons. The van der Waals surface area contributed by atoms with Gasteiger partial charge in [0.1, 0.15) is 17.8 Å². The third kappa shape index (κ3) is 4.41. The molecule has 3 rings (SSSR count). The Morgan fingerprint density at radius 3 is 2.50 bits per heavy atom. The molecule has 1 unspecified atom stereocenters. The van der Waals surface area contributed by atoms with Crippen molar-refractivity contribution in [2.75, 3.05) is 38.8 Å². The number of carbonyl (C=O) groups is 1. The zero-order valence-electron chi connectivity index (χ0n) is 16.0. The topological polar surface area (TPSA) is 62.2 Å². The summed E-state index contributed by atoms with van der Waals surface area (Å²) >= 11 is 5.99. The predicted molar refractivity (Wildman–Crippen MR) is 109 cm³/mol. The lowest BCUT2D eigenvalue weighted by atomic mass is 10.0. The molecule has 0 amide bonds.